The van der Waals surface area contributed by atoms with Crippen molar-refractivity contribution in [3.63, 3.8) is 0 Å². The van der Waals surface area contributed by atoms with Gasteiger partial charge in [-0.25, -0.2) is 4.79 Å². The maximum absolute atomic E-state index is 12.1. The standard InChI is InChI=1S/C16H16N2O6/c1-9(19)15-12-7-23-13-6-10(17-4-5-22-8-14(17)20)2-3-11(13)18(12)16(21)24-15/h2-3,6,12,15H,4-5,7-8H2,1H3/t12-,15-/m0/s1. The zero-order valence-electron chi connectivity index (χ0n) is 13.1. The fourth-order valence-electron chi connectivity index (χ4n) is 3.26. The highest BCUT2D eigenvalue weighted by atomic mass is 16.6. The lowest BCUT2D eigenvalue weighted by atomic mass is 10.1. The number of ketones is 1. The largest absolute Gasteiger partial charge is 0.489 e. The number of Topliss-reactive ketones (excluding diaryl/α,β-unsaturated/α-hetero) is 1. The Hall–Kier alpha value is -2.61. The number of anilines is 2. The summed E-state index contributed by atoms with van der Waals surface area (Å²) in [7, 11) is 0. The summed E-state index contributed by atoms with van der Waals surface area (Å²) in [5, 5.41) is 0. The molecule has 2 fully saturated rings. The number of carbonyl (C=O) groups excluding carboxylic acids is 3. The third kappa shape index (κ3) is 2.22. The summed E-state index contributed by atoms with van der Waals surface area (Å²) in [6, 6.07) is 4.73. The number of hydrogen-bond acceptors (Lipinski definition) is 6. The zero-order valence-corrected chi connectivity index (χ0v) is 13.1. The average Bonchev–Trinajstić information content (AvgIpc) is 2.92. The van der Waals surface area contributed by atoms with Gasteiger partial charge in [-0.15, -0.1) is 0 Å². The number of morpholine rings is 1. The van der Waals surface area contributed by atoms with E-state index in [1.165, 1.54) is 11.8 Å². The number of ether oxygens (including phenoxy) is 3. The molecule has 0 radical (unpaired) electrons. The Morgan fingerprint density at radius 1 is 1.29 bits per heavy atom. The second-order valence-corrected chi connectivity index (χ2v) is 5.91. The topological polar surface area (TPSA) is 85.4 Å². The molecule has 1 aromatic carbocycles. The van der Waals surface area contributed by atoms with Crippen molar-refractivity contribution in [1.29, 1.82) is 0 Å². The molecule has 2 amide bonds. The molecular formula is C16H16N2O6. The molecule has 126 valence electrons. The maximum Gasteiger partial charge on any atom is 0.415 e. The average molecular weight is 332 g/mol. The Morgan fingerprint density at radius 3 is 2.88 bits per heavy atom. The van der Waals surface area contributed by atoms with Crippen molar-refractivity contribution in [2.75, 3.05) is 36.2 Å². The molecule has 0 N–H and O–H groups in total. The number of amides is 2. The van der Waals surface area contributed by atoms with Gasteiger partial charge in [-0.2, -0.15) is 0 Å². The molecule has 0 bridgehead atoms. The normalized spacial score (nSPS) is 25.7. The summed E-state index contributed by atoms with van der Waals surface area (Å²) in [6.45, 7) is 2.56. The monoisotopic (exact) mass is 332 g/mol. The van der Waals surface area contributed by atoms with Crippen LogP contribution < -0.4 is 14.5 Å². The minimum atomic E-state index is -0.814. The molecule has 1 aromatic rings. The van der Waals surface area contributed by atoms with Gasteiger partial charge in [0.2, 0.25) is 0 Å². The number of nitrogens with zero attached hydrogens (tertiary/aromatic N) is 2. The van der Waals surface area contributed by atoms with E-state index >= 15 is 0 Å². The predicted octanol–water partition coefficient (Wildman–Crippen LogP) is 0.725. The highest BCUT2D eigenvalue weighted by Gasteiger charge is 2.48. The quantitative estimate of drug-likeness (QED) is 0.793. The Bertz CT molecular complexity index is 733. The van der Waals surface area contributed by atoms with Crippen LogP contribution in [-0.2, 0) is 19.1 Å². The maximum atomic E-state index is 12.1. The SMILES string of the molecule is CC(=O)[C@@H]1OC(=O)N2c3ccc(N4CCOCC4=O)cc3OC[C@@H]12. The van der Waals surface area contributed by atoms with Gasteiger partial charge in [0.25, 0.3) is 5.91 Å². The first-order chi connectivity index (χ1) is 11.6. The van der Waals surface area contributed by atoms with Crippen molar-refractivity contribution in [2.24, 2.45) is 0 Å². The first kappa shape index (κ1) is 14.9. The molecule has 0 aliphatic carbocycles. The molecule has 3 heterocycles. The molecule has 8 heteroatoms. The Balaban J connectivity index is 1.67. The summed E-state index contributed by atoms with van der Waals surface area (Å²) in [5.41, 5.74) is 1.24. The van der Waals surface area contributed by atoms with Gasteiger partial charge < -0.3 is 19.1 Å². The van der Waals surface area contributed by atoms with Crippen LogP contribution in [0.4, 0.5) is 16.2 Å². The number of hydrogen-bond donors (Lipinski definition) is 0. The van der Waals surface area contributed by atoms with Crippen molar-refractivity contribution in [2.45, 2.75) is 19.1 Å². The van der Waals surface area contributed by atoms with Gasteiger partial charge in [0.15, 0.2) is 11.9 Å². The molecule has 4 rings (SSSR count). The predicted molar refractivity (Wildman–Crippen MR) is 82.3 cm³/mol. The third-order valence-corrected chi connectivity index (χ3v) is 4.42. The minimum absolute atomic E-state index is 0.0543. The molecule has 0 saturated carbocycles. The van der Waals surface area contributed by atoms with E-state index < -0.39 is 18.2 Å². The second kappa shape index (κ2) is 5.48. The summed E-state index contributed by atoms with van der Waals surface area (Å²) in [6.07, 6.45) is -1.37. The van der Waals surface area contributed by atoms with Crippen LogP contribution >= 0.6 is 0 Å². The van der Waals surface area contributed by atoms with Crippen LogP contribution in [0.15, 0.2) is 18.2 Å². The zero-order chi connectivity index (χ0) is 16.8. The van der Waals surface area contributed by atoms with Crippen LogP contribution in [0.2, 0.25) is 0 Å². The van der Waals surface area contributed by atoms with E-state index in [0.29, 0.717) is 30.3 Å². The molecule has 8 nitrogen and oxygen atoms in total. The van der Waals surface area contributed by atoms with Crippen LogP contribution in [0.1, 0.15) is 6.92 Å². The van der Waals surface area contributed by atoms with E-state index in [-0.39, 0.29) is 24.9 Å². The molecule has 3 aliphatic rings. The van der Waals surface area contributed by atoms with Crippen LogP contribution in [0.5, 0.6) is 5.75 Å². The summed E-state index contributed by atoms with van der Waals surface area (Å²) in [4.78, 5) is 38.8. The van der Waals surface area contributed by atoms with Crippen LogP contribution in [0.25, 0.3) is 0 Å². The van der Waals surface area contributed by atoms with Crippen LogP contribution in [-0.4, -0.2) is 56.3 Å². The smallest absolute Gasteiger partial charge is 0.415 e. The molecule has 0 aromatic heterocycles. The van der Waals surface area contributed by atoms with E-state index in [1.807, 2.05) is 0 Å². The molecule has 3 aliphatic heterocycles. The summed E-state index contributed by atoms with van der Waals surface area (Å²) < 4.78 is 16.0. The van der Waals surface area contributed by atoms with Crippen molar-refractivity contribution >= 4 is 29.2 Å². The van der Waals surface area contributed by atoms with Gasteiger partial charge in [-0.3, -0.25) is 14.5 Å². The van der Waals surface area contributed by atoms with Gasteiger partial charge in [-0.1, -0.05) is 0 Å². The first-order valence-electron chi connectivity index (χ1n) is 7.71. The Kier molecular flexibility index (Phi) is 3.42. The van der Waals surface area contributed by atoms with Crippen molar-refractivity contribution < 1.29 is 28.6 Å². The fraction of sp³-hybridized carbons (Fsp3) is 0.438. The molecule has 2 atom stereocenters. The van der Waals surface area contributed by atoms with Gasteiger partial charge >= 0.3 is 6.09 Å². The minimum Gasteiger partial charge on any atom is -0.489 e. The van der Waals surface area contributed by atoms with E-state index in [0.717, 1.165) is 0 Å². The second-order valence-electron chi connectivity index (χ2n) is 5.91. The summed E-state index contributed by atoms with van der Waals surface area (Å²) >= 11 is 0. The fourth-order valence-corrected chi connectivity index (χ4v) is 3.26. The lowest BCUT2D eigenvalue weighted by molar-refractivity contribution is -0.126. The van der Waals surface area contributed by atoms with E-state index in [9.17, 15) is 14.4 Å². The van der Waals surface area contributed by atoms with Gasteiger partial charge in [0.05, 0.1) is 12.3 Å². The van der Waals surface area contributed by atoms with Gasteiger partial charge in [0.1, 0.15) is 25.0 Å². The van der Waals surface area contributed by atoms with E-state index in [1.54, 1.807) is 23.1 Å². The van der Waals surface area contributed by atoms with Crippen LogP contribution in [0, 0.1) is 0 Å². The molecule has 0 unspecified atom stereocenters. The third-order valence-electron chi connectivity index (χ3n) is 4.42. The number of benzene rings is 1. The number of cyclic esters (lactones) is 1. The molecular weight excluding hydrogens is 316 g/mol. The molecule has 24 heavy (non-hydrogen) atoms. The number of rotatable bonds is 2. The van der Waals surface area contributed by atoms with Crippen molar-refractivity contribution in [3.05, 3.63) is 18.2 Å². The van der Waals surface area contributed by atoms with E-state index in [2.05, 4.69) is 0 Å². The highest BCUT2D eigenvalue weighted by Crippen LogP contribution is 2.41. The van der Waals surface area contributed by atoms with Crippen LogP contribution in [0.3, 0.4) is 0 Å². The Morgan fingerprint density at radius 2 is 2.12 bits per heavy atom. The lowest BCUT2D eigenvalue weighted by Gasteiger charge is -2.32. The molecule has 2 saturated heterocycles. The summed E-state index contributed by atoms with van der Waals surface area (Å²) in [5.74, 6) is 0.162. The van der Waals surface area contributed by atoms with E-state index in [4.69, 9.17) is 14.2 Å². The van der Waals surface area contributed by atoms with Crippen molar-refractivity contribution in [1.82, 2.24) is 0 Å². The molecule has 0 spiro atoms. The number of fused-ring (bicyclic) bond motifs is 3. The highest BCUT2D eigenvalue weighted by molar-refractivity contribution is 6.00. The van der Waals surface area contributed by atoms with Gasteiger partial charge in [0, 0.05) is 18.3 Å². The van der Waals surface area contributed by atoms with Gasteiger partial charge in [-0.05, 0) is 19.1 Å². The lowest BCUT2D eigenvalue weighted by Crippen LogP contribution is -2.46. The number of carbonyl (C=O) groups is 3. The Labute approximate surface area is 137 Å². The first-order valence-corrected chi connectivity index (χ1v) is 7.71. The van der Waals surface area contributed by atoms with Crippen molar-refractivity contribution in [3.8, 4) is 5.75 Å².